The van der Waals surface area contributed by atoms with Crippen molar-refractivity contribution in [1.29, 1.82) is 0 Å². The number of ether oxygens (including phenoxy) is 1. The Kier molecular flexibility index (Phi) is 7.11. The fraction of sp³-hybridized carbons (Fsp3) is 0.565. The third-order valence-electron chi connectivity index (χ3n) is 4.64. The number of hydrogen-bond acceptors (Lipinski definition) is 4. The van der Waals surface area contributed by atoms with E-state index in [4.69, 9.17) is 4.74 Å². The van der Waals surface area contributed by atoms with E-state index in [1.54, 1.807) is 4.90 Å². The van der Waals surface area contributed by atoms with Gasteiger partial charge in [-0.25, -0.2) is 4.79 Å². The average Bonchev–Trinajstić information content (AvgIpc) is 3.03. The smallest absolute Gasteiger partial charge is 0.350 e. The van der Waals surface area contributed by atoms with Gasteiger partial charge in [0.2, 0.25) is 5.91 Å². The number of anilines is 1. The van der Waals surface area contributed by atoms with Crippen LogP contribution in [0.15, 0.2) is 17.7 Å². The minimum Gasteiger partial charge on any atom is -0.465 e. The molecule has 0 bridgehead atoms. The Bertz CT molecular complexity index is 830. The first kappa shape index (κ1) is 22.2. The van der Waals surface area contributed by atoms with Crippen molar-refractivity contribution in [2.75, 3.05) is 12.0 Å². The molecule has 0 radical (unpaired) electrons. The molecule has 28 heavy (non-hydrogen) atoms. The van der Waals surface area contributed by atoms with Crippen LogP contribution >= 0.6 is 11.3 Å². The van der Waals surface area contributed by atoms with Gasteiger partial charge in [0.05, 0.1) is 17.7 Å². The summed E-state index contributed by atoms with van der Waals surface area (Å²) < 4.78 is 4.98. The molecule has 4 nitrogen and oxygen atoms in total. The van der Waals surface area contributed by atoms with E-state index in [0.717, 1.165) is 24.1 Å². The summed E-state index contributed by atoms with van der Waals surface area (Å²) >= 11 is 1.29. The summed E-state index contributed by atoms with van der Waals surface area (Å²) in [6.45, 7) is 12.2. The van der Waals surface area contributed by atoms with Crippen molar-refractivity contribution < 1.29 is 14.3 Å². The molecular formula is C23H31NO3S. The van der Waals surface area contributed by atoms with E-state index in [1.807, 2.05) is 40.7 Å². The fourth-order valence-corrected chi connectivity index (χ4v) is 4.07. The molecule has 1 aromatic rings. The molecule has 1 amide bonds. The first-order chi connectivity index (χ1) is 13.0. The zero-order valence-corrected chi connectivity index (χ0v) is 18.8. The molecule has 1 aliphatic carbocycles. The minimum absolute atomic E-state index is 0.0550. The molecule has 0 N–H and O–H groups in total. The second kappa shape index (κ2) is 8.96. The summed E-state index contributed by atoms with van der Waals surface area (Å²) in [5, 5.41) is 0. The predicted octanol–water partition coefficient (Wildman–Crippen LogP) is 5.42. The highest BCUT2D eigenvalue weighted by atomic mass is 32.1. The van der Waals surface area contributed by atoms with Gasteiger partial charge < -0.3 is 9.64 Å². The largest absolute Gasteiger partial charge is 0.465 e. The molecule has 0 aromatic carbocycles. The summed E-state index contributed by atoms with van der Waals surface area (Å²) in [6, 6.07) is 1.79. The van der Waals surface area contributed by atoms with E-state index in [2.05, 4.69) is 24.8 Å². The normalized spacial score (nSPS) is 16.9. The van der Waals surface area contributed by atoms with E-state index in [0.29, 0.717) is 10.6 Å². The van der Waals surface area contributed by atoms with Crippen LogP contribution in [0.5, 0.6) is 0 Å². The molecule has 1 heterocycles. The molecule has 2 rings (SSSR count). The quantitative estimate of drug-likeness (QED) is 0.384. The van der Waals surface area contributed by atoms with Gasteiger partial charge in [-0.1, -0.05) is 23.5 Å². The molecule has 5 heteroatoms. The van der Waals surface area contributed by atoms with Crippen LogP contribution in [0.25, 0.3) is 0 Å². The lowest BCUT2D eigenvalue weighted by Crippen LogP contribution is -2.42. The number of esters is 1. The summed E-state index contributed by atoms with van der Waals surface area (Å²) in [5.41, 5.74) is 1.81. The lowest BCUT2D eigenvalue weighted by atomic mass is 9.89. The molecule has 1 aliphatic rings. The SMILES string of the molecule is COC(=O)c1sc(C#CC(C)(C)C)cc1N(C(=O)[C@@H]1CC=C(C)CC1)C(C)C. The molecule has 0 spiro atoms. The molecule has 0 saturated heterocycles. The zero-order chi connectivity index (χ0) is 21.1. The average molecular weight is 402 g/mol. The van der Waals surface area contributed by atoms with Crippen molar-refractivity contribution >= 4 is 28.9 Å². The number of thiophene rings is 1. The van der Waals surface area contributed by atoms with Crippen LogP contribution in [0.3, 0.4) is 0 Å². The molecule has 0 aliphatic heterocycles. The predicted molar refractivity (Wildman–Crippen MR) is 116 cm³/mol. The standard InChI is InChI=1S/C23H31NO3S/c1-15(2)24(21(25)17-10-8-16(3)9-11-17)19-14-18(12-13-23(4,5)6)28-20(19)22(26)27-7/h8,14-15,17H,9-11H2,1-7H3/t17-/m1/s1. The van der Waals surface area contributed by atoms with Crippen LogP contribution in [-0.4, -0.2) is 25.0 Å². The third-order valence-corrected chi connectivity index (χ3v) is 5.66. The van der Waals surface area contributed by atoms with Gasteiger partial charge in [-0.05, 0) is 66.9 Å². The number of hydrogen-bond donors (Lipinski definition) is 0. The molecule has 0 saturated carbocycles. The van der Waals surface area contributed by atoms with Gasteiger partial charge in [0.15, 0.2) is 0 Å². The van der Waals surface area contributed by atoms with Gasteiger partial charge in [0.1, 0.15) is 4.88 Å². The van der Waals surface area contributed by atoms with Crippen LogP contribution in [0.2, 0.25) is 0 Å². The van der Waals surface area contributed by atoms with E-state index in [9.17, 15) is 9.59 Å². The Balaban J connectivity index is 2.47. The Morgan fingerprint density at radius 2 is 2.00 bits per heavy atom. The first-order valence-corrected chi connectivity index (χ1v) is 10.6. The Morgan fingerprint density at radius 3 is 2.50 bits per heavy atom. The van der Waals surface area contributed by atoms with Crippen LogP contribution in [-0.2, 0) is 9.53 Å². The van der Waals surface area contributed by atoms with Crippen LogP contribution < -0.4 is 4.90 Å². The van der Waals surface area contributed by atoms with E-state index in [1.165, 1.54) is 24.0 Å². The number of carbonyl (C=O) groups is 2. The highest BCUT2D eigenvalue weighted by Gasteiger charge is 2.32. The van der Waals surface area contributed by atoms with Crippen molar-refractivity contribution in [2.24, 2.45) is 11.3 Å². The summed E-state index contributed by atoms with van der Waals surface area (Å²) in [6.07, 6.45) is 4.69. The number of allylic oxidation sites excluding steroid dienone is 2. The molecule has 0 fully saturated rings. The zero-order valence-electron chi connectivity index (χ0n) is 18.0. The Morgan fingerprint density at radius 1 is 1.32 bits per heavy atom. The highest BCUT2D eigenvalue weighted by Crippen LogP contribution is 2.35. The molecule has 1 atom stereocenters. The molecule has 1 aromatic heterocycles. The monoisotopic (exact) mass is 401 g/mol. The van der Waals surface area contributed by atoms with Crippen molar-refractivity contribution in [3.05, 3.63) is 27.5 Å². The second-order valence-corrected chi connectivity index (χ2v) is 9.69. The topological polar surface area (TPSA) is 46.6 Å². The van der Waals surface area contributed by atoms with Gasteiger partial charge in [-0.3, -0.25) is 4.79 Å². The van der Waals surface area contributed by atoms with Crippen LogP contribution in [0.1, 0.15) is 75.4 Å². The van der Waals surface area contributed by atoms with E-state index in [-0.39, 0.29) is 23.3 Å². The van der Waals surface area contributed by atoms with Crippen molar-refractivity contribution in [3.63, 3.8) is 0 Å². The number of rotatable bonds is 4. The van der Waals surface area contributed by atoms with Crippen molar-refractivity contribution in [3.8, 4) is 11.8 Å². The van der Waals surface area contributed by atoms with Crippen LogP contribution in [0.4, 0.5) is 5.69 Å². The van der Waals surface area contributed by atoms with E-state index >= 15 is 0 Å². The van der Waals surface area contributed by atoms with Crippen molar-refractivity contribution in [2.45, 2.75) is 66.8 Å². The van der Waals surface area contributed by atoms with E-state index < -0.39 is 5.97 Å². The molecule has 0 unspecified atom stereocenters. The van der Waals surface area contributed by atoms with Gasteiger partial charge in [-0.2, -0.15) is 0 Å². The Labute approximate surface area is 173 Å². The lowest BCUT2D eigenvalue weighted by molar-refractivity contribution is -0.123. The maximum Gasteiger partial charge on any atom is 0.350 e. The second-order valence-electron chi connectivity index (χ2n) is 8.64. The molecule has 152 valence electrons. The number of methoxy groups -OCH3 is 1. The lowest BCUT2D eigenvalue weighted by Gasteiger charge is -2.31. The van der Waals surface area contributed by atoms with Gasteiger partial charge in [-0.15, -0.1) is 11.3 Å². The summed E-state index contributed by atoms with van der Waals surface area (Å²) in [5.74, 6) is 5.94. The number of amides is 1. The molecular weight excluding hydrogens is 370 g/mol. The summed E-state index contributed by atoms with van der Waals surface area (Å²) in [4.78, 5) is 28.7. The van der Waals surface area contributed by atoms with Crippen molar-refractivity contribution in [1.82, 2.24) is 0 Å². The first-order valence-electron chi connectivity index (χ1n) is 9.77. The summed E-state index contributed by atoms with van der Waals surface area (Å²) in [7, 11) is 1.36. The Hall–Kier alpha value is -2.06. The maximum absolute atomic E-state index is 13.3. The third kappa shape index (κ3) is 5.48. The number of carbonyl (C=O) groups excluding carboxylic acids is 2. The van der Waals surface area contributed by atoms with Gasteiger partial charge in [0.25, 0.3) is 0 Å². The fourth-order valence-electron chi connectivity index (χ4n) is 3.15. The highest BCUT2D eigenvalue weighted by molar-refractivity contribution is 7.15. The van der Waals surface area contributed by atoms with Gasteiger partial charge >= 0.3 is 5.97 Å². The van der Waals surface area contributed by atoms with Crippen LogP contribution in [0, 0.1) is 23.2 Å². The van der Waals surface area contributed by atoms with Gasteiger partial charge in [0, 0.05) is 17.4 Å². The number of nitrogens with zero attached hydrogens (tertiary/aromatic N) is 1. The maximum atomic E-state index is 13.3. The minimum atomic E-state index is -0.429.